The summed E-state index contributed by atoms with van der Waals surface area (Å²) in [6.45, 7) is 1.14. The van der Waals surface area contributed by atoms with Crippen LogP contribution < -0.4 is 10.5 Å². The zero-order chi connectivity index (χ0) is 19.0. The van der Waals surface area contributed by atoms with Crippen LogP contribution in [-0.2, 0) is 0 Å². The number of oxazole rings is 1. The third-order valence-corrected chi connectivity index (χ3v) is 5.32. The SMILES string of the molecule is COc1ccc2oc(=O)n(C3CCN(C(=O)c4cncc(Br)c4)CC3)c2c1. The molecule has 140 valence electrons. The first-order chi connectivity index (χ1) is 13.1. The van der Waals surface area contributed by atoms with Crippen molar-refractivity contribution in [2.45, 2.75) is 18.9 Å². The molecule has 0 unspecified atom stereocenters. The molecule has 1 aromatic carbocycles. The van der Waals surface area contributed by atoms with Crippen LogP contribution >= 0.6 is 15.9 Å². The molecule has 0 bridgehead atoms. The van der Waals surface area contributed by atoms with Gasteiger partial charge in [0.1, 0.15) is 5.75 Å². The van der Waals surface area contributed by atoms with Crippen molar-refractivity contribution in [2.24, 2.45) is 0 Å². The highest BCUT2D eigenvalue weighted by Crippen LogP contribution is 2.28. The summed E-state index contributed by atoms with van der Waals surface area (Å²) in [5.41, 5.74) is 1.82. The van der Waals surface area contributed by atoms with Gasteiger partial charge in [-0.1, -0.05) is 0 Å². The molecule has 0 N–H and O–H groups in total. The number of aromatic nitrogens is 2. The van der Waals surface area contributed by atoms with Crippen molar-refractivity contribution in [2.75, 3.05) is 20.2 Å². The molecule has 4 rings (SSSR count). The molecule has 1 aliphatic rings. The Labute approximate surface area is 163 Å². The molecular weight excluding hydrogens is 414 g/mol. The Bertz CT molecular complexity index is 1050. The number of methoxy groups -OCH3 is 1. The summed E-state index contributed by atoms with van der Waals surface area (Å²) in [6, 6.07) is 7.07. The molecule has 0 saturated carbocycles. The first-order valence-corrected chi connectivity index (χ1v) is 9.45. The smallest absolute Gasteiger partial charge is 0.420 e. The van der Waals surface area contributed by atoms with Crippen molar-refractivity contribution in [3.8, 4) is 5.75 Å². The van der Waals surface area contributed by atoms with Crippen LogP contribution in [0.5, 0.6) is 5.75 Å². The fourth-order valence-electron chi connectivity index (χ4n) is 3.52. The number of fused-ring (bicyclic) bond motifs is 1. The van der Waals surface area contributed by atoms with Gasteiger partial charge in [-0.25, -0.2) is 4.79 Å². The van der Waals surface area contributed by atoms with Gasteiger partial charge in [0.15, 0.2) is 5.58 Å². The van der Waals surface area contributed by atoms with Gasteiger partial charge in [-0.15, -0.1) is 0 Å². The van der Waals surface area contributed by atoms with Crippen molar-refractivity contribution < 1.29 is 13.9 Å². The Hall–Kier alpha value is -2.61. The zero-order valence-corrected chi connectivity index (χ0v) is 16.3. The fourth-order valence-corrected chi connectivity index (χ4v) is 3.89. The molecule has 0 atom stereocenters. The quantitative estimate of drug-likeness (QED) is 0.635. The van der Waals surface area contributed by atoms with Crippen LogP contribution in [0, 0.1) is 0 Å². The van der Waals surface area contributed by atoms with Crippen molar-refractivity contribution in [1.82, 2.24) is 14.5 Å². The Morgan fingerprint density at radius 2 is 2.04 bits per heavy atom. The molecule has 8 heteroatoms. The van der Waals surface area contributed by atoms with Crippen molar-refractivity contribution in [3.63, 3.8) is 0 Å². The summed E-state index contributed by atoms with van der Waals surface area (Å²) in [4.78, 5) is 30.9. The average Bonchev–Trinajstić information content (AvgIpc) is 3.02. The molecule has 7 nitrogen and oxygen atoms in total. The number of pyridine rings is 1. The van der Waals surface area contributed by atoms with E-state index >= 15 is 0 Å². The molecule has 3 heterocycles. The largest absolute Gasteiger partial charge is 0.497 e. The number of carbonyl (C=O) groups is 1. The van der Waals surface area contributed by atoms with E-state index in [1.54, 1.807) is 47.2 Å². The molecule has 1 fully saturated rings. The number of benzene rings is 1. The normalized spacial score (nSPS) is 15.3. The molecule has 0 aliphatic carbocycles. The number of rotatable bonds is 3. The number of carbonyl (C=O) groups excluding carboxylic acids is 1. The Balaban J connectivity index is 1.54. The van der Waals surface area contributed by atoms with Crippen molar-refractivity contribution in [1.29, 1.82) is 0 Å². The first-order valence-electron chi connectivity index (χ1n) is 8.65. The molecule has 2 aromatic heterocycles. The van der Waals surface area contributed by atoms with E-state index in [2.05, 4.69) is 20.9 Å². The van der Waals surface area contributed by atoms with Gasteiger partial charge in [0.2, 0.25) is 0 Å². The van der Waals surface area contributed by atoms with Crippen LogP contribution in [0.15, 0.2) is 50.3 Å². The van der Waals surface area contributed by atoms with Crippen LogP contribution in [0.3, 0.4) is 0 Å². The minimum absolute atomic E-state index is 0.0180. The van der Waals surface area contributed by atoms with Gasteiger partial charge >= 0.3 is 5.76 Å². The summed E-state index contributed by atoms with van der Waals surface area (Å²) in [6.07, 6.45) is 4.57. The Morgan fingerprint density at radius 3 is 2.74 bits per heavy atom. The van der Waals surface area contributed by atoms with E-state index in [0.717, 1.165) is 9.99 Å². The van der Waals surface area contributed by atoms with Crippen molar-refractivity contribution >= 4 is 32.9 Å². The number of likely N-dealkylation sites (tertiary alicyclic amines) is 1. The number of hydrogen-bond donors (Lipinski definition) is 0. The summed E-state index contributed by atoms with van der Waals surface area (Å²) in [5, 5.41) is 0. The van der Waals surface area contributed by atoms with Gasteiger partial charge in [-0.2, -0.15) is 0 Å². The lowest BCUT2D eigenvalue weighted by Gasteiger charge is -2.32. The van der Waals surface area contributed by atoms with E-state index in [1.165, 1.54) is 0 Å². The molecule has 0 spiro atoms. The number of halogens is 1. The minimum Gasteiger partial charge on any atom is -0.497 e. The van der Waals surface area contributed by atoms with E-state index in [-0.39, 0.29) is 17.7 Å². The highest BCUT2D eigenvalue weighted by Gasteiger charge is 2.27. The lowest BCUT2D eigenvalue weighted by Crippen LogP contribution is -2.40. The van der Waals surface area contributed by atoms with Crippen LogP contribution in [0.4, 0.5) is 0 Å². The Morgan fingerprint density at radius 1 is 1.26 bits per heavy atom. The molecular formula is C19H18BrN3O4. The molecule has 3 aromatic rings. The number of amides is 1. The summed E-state index contributed by atoms with van der Waals surface area (Å²) < 4.78 is 13.1. The second kappa shape index (κ2) is 7.19. The van der Waals surface area contributed by atoms with E-state index in [9.17, 15) is 9.59 Å². The fraction of sp³-hybridized carbons (Fsp3) is 0.316. The van der Waals surface area contributed by atoms with E-state index in [0.29, 0.717) is 42.8 Å². The second-order valence-electron chi connectivity index (χ2n) is 6.49. The summed E-state index contributed by atoms with van der Waals surface area (Å²) >= 11 is 3.34. The Kier molecular flexibility index (Phi) is 4.73. The van der Waals surface area contributed by atoms with Crippen LogP contribution in [-0.4, -0.2) is 40.6 Å². The van der Waals surface area contributed by atoms with Gasteiger partial charge < -0.3 is 14.1 Å². The molecule has 27 heavy (non-hydrogen) atoms. The van der Waals surface area contributed by atoms with Gasteiger partial charge in [0.25, 0.3) is 5.91 Å². The monoisotopic (exact) mass is 431 g/mol. The molecule has 1 saturated heterocycles. The topological polar surface area (TPSA) is 77.6 Å². The van der Waals surface area contributed by atoms with Gasteiger partial charge in [0.05, 0.1) is 18.2 Å². The van der Waals surface area contributed by atoms with Gasteiger partial charge in [0, 0.05) is 42.1 Å². The summed E-state index contributed by atoms with van der Waals surface area (Å²) in [5.74, 6) is 0.249. The average molecular weight is 432 g/mol. The minimum atomic E-state index is -0.376. The van der Waals surface area contributed by atoms with E-state index in [4.69, 9.17) is 9.15 Å². The van der Waals surface area contributed by atoms with Crippen LogP contribution in [0.25, 0.3) is 11.1 Å². The third kappa shape index (κ3) is 3.37. The highest BCUT2D eigenvalue weighted by atomic mass is 79.9. The van der Waals surface area contributed by atoms with E-state index in [1.807, 2.05) is 6.07 Å². The van der Waals surface area contributed by atoms with Crippen LogP contribution in [0.2, 0.25) is 0 Å². The lowest BCUT2D eigenvalue weighted by molar-refractivity contribution is 0.0693. The standard InChI is InChI=1S/C19H18BrN3O4/c1-26-15-2-3-17-16(9-15)23(19(25)27-17)14-4-6-22(7-5-14)18(24)12-8-13(20)11-21-10-12/h2-3,8-11,14H,4-7H2,1H3. The van der Waals surface area contributed by atoms with Gasteiger partial charge in [-0.3, -0.25) is 14.3 Å². The summed E-state index contributed by atoms with van der Waals surface area (Å²) in [7, 11) is 1.59. The molecule has 0 radical (unpaired) electrons. The highest BCUT2D eigenvalue weighted by molar-refractivity contribution is 9.10. The predicted molar refractivity (Wildman–Crippen MR) is 103 cm³/mol. The third-order valence-electron chi connectivity index (χ3n) is 4.89. The molecule has 1 aliphatic heterocycles. The van der Waals surface area contributed by atoms with Crippen LogP contribution in [0.1, 0.15) is 29.2 Å². The van der Waals surface area contributed by atoms with Gasteiger partial charge in [-0.05, 0) is 47.0 Å². The first kappa shape index (κ1) is 17.8. The number of hydrogen-bond acceptors (Lipinski definition) is 5. The number of nitrogens with zero attached hydrogens (tertiary/aromatic N) is 3. The zero-order valence-electron chi connectivity index (χ0n) is 14.7. The maximum absolute atomic E-state index is 12.7. The maximum atomic E-state index is 12.7. The lowest BCUT2D eigenvalue weighted by atomic mass is 10.0. The second-order valence-corrected chi connectivity index (χ2v) is 7.40. The van der Waals surface area contributed by atoms with Crippen molar-refractivity contribution in [3.05, 3.63) is 57.2 Å². The molecule has 1 amide bonds. The van der Waals surface area contributed by atoms with E-state index < -0.39 is 0 Å². The number of ether oxygens (including phenoxy) is 1. The maximum Gasteiger partial charge on any atom is 0.420 e. The predicted octanol–water partition coefficient (Wildman–Crippen LogP) is 3.24. The number of piperidine rings is 1.